The van der Waals surface area contributed by atoms with Crippen molar-refractivity contribution in [2.24, 2.45) is 0 Å². The minimum absolute atomic E-state index is 0.103. The summed E-state index contributed by atoms with van der Waals surface area (Å²) in [4.78, 5) is 43.5. The van der Waals surface area contributed by atoms with Crippen molar-refractivity contribution in [3.63, 3.8) is 0 Å². The van der Waals surface area contributed by atoms with E-state index < -0.39 is 17.9 Å². The van der Waals surface area contributed by atoms with E-state index in [0.717, 1.165) is 4.90 Å². The van der Waals surface area contributed by atoms with Crippen molar-refractivity contribution in [2.75, 3.05) is 0 Å². The lowest BCUT2D eigenvalue weighted by atomic mass is 10.00. The Bertz CT molecular complexity index is 1080. The number of hydrogen-bond acceptors (Lipinski definition) is 5. The fourth-order valence-electron chi connectivity index (χ4n) is 3.31. The van der Waals surface area contributed by atoms with Gasteiger partial charge in [-0.2, -0.15) is 5.26 Å². The molecule has 1 aliphatic heterocycles. The van der Waals surface area contributed by atoms with Gasteiger partial charge < -0.3 is 0 Å². The van der Waals surface area contributed by atoms with Gasteiger partial charge in [-0.05, 0) is 29.8 Å². The number of carbonyl (C=O) groups excluding carboxylic acids is 3. The van der Waals surface area contributed by atoms with Gasteiger partial charge in [0, 0.05) is 12.4 Å². The first-order chi connectivity index (χ1) is 13.6. The normalized spacial score (nSPS) is 13.9. The second-order valence-electron chi connectivity index (χ2n) is 6.34. The highest BCUT2D eigenvalue weighted by Gasteiger charge is 2.41. The molecule has 1 aliphatic rings. The fraction of sp³-hybridized carbons (Fsp3) is 0.0952. The first kappa shape index (κ1) is 17.4. The van der Waals surface area contributed by atoms with E-state index in [1.54, 1.807) is 48.5 Å². The molecule has 7 nitrogen and oxygen atoms in total. The highest BCUT2D eigenvalue weighted by molar-refractivity contribution is 6.21. The Balaban J connectivity index is 1.75. The number of hydrogen-bond donors (Lipinski definition) is 0. The van der Waals surface area contributed by atoms with Crippen molar-refractivity contribution in [2.45, 2.75) is 12.5 Å². The molecule has 1 unspecified atom stereocenters. The van der Waals surface area contributed by atoms with Crippen LogP contribution in [0.1, 0.15) is 49.1 Å². The van der Waals surface area contributed by atoms with E-state index in [1.807, 2.05) is 6.07 Å². The number of rotatable bonds is 4. The van der Waals surface area contributed by atoms with Crippen molar-refractivity contribution in [3.8, 4) is 6.07 Å². The van der Waals surface area contributed by atoms with Gasteiger partial charge in [-0.25, -0.2) is 4.98 Å². The summed E-state index contributed by atoms with van der Waals surface area (Å²) in [5.41, 5.74) is 1.69. The maximum Gasteiger partial charge on any atom is 0.262 e. The number of imidazole rings is 1. The van der Waals surface area contributed by atoms with Gasteiger partial charge >= 0.3 is 0 Å². The summed E-state index contributed by atoms with van der Waals surface area (Å²) in [6, 6.07) is 14.3. The minimum atomic E-state index is -0.796. The molecule has 1 aromatic heterocycles. The molecule has 0 N–H and O–H groups in total. The molecular formula is C21H14N4O3. The number of benzene rings is 2. The van der Waals surface area contributed by atoms with Crippen molar-refractivity contribution in [3.05, 3.63) is 89.5 Å². The zero-order valence-electron chi connectivity index (χ0n) is 14.6. The van der Waals surface area contributed by atoms with E-state index in [-0.39, 0.29) is 12.3 Å². The van der Waals surface area contributed by atoms with Gasteiger partial charge in [-0.15, -0.1) is 0 Å². The van der Waals surface area contributed by atoms with Crippen LogP contribution < -0.4 is 0 Å². The van der Waals surface area contributed by atoms with Gasteiger partial charge in [-0.3, -0.25) is 23.9 Å². The molecule has 1 atom stereocenters. The number of fused-ring (bicyclic) bond motifs is 1. The van der Waals surface area contributed by atoms with Crippen LogP contribution >= 0.6 is 0 Å². The average Bonchev–Trinajstić information content (AvgIpc) is 3.35. The lowest BCUT2D eigenvalue weighted by Crippen LogP contribution is -2.36. The quantitative estimate of drug-likeness (QED) is 0.658. The van der Waals surface area contributed by atoms with Crippen molar-refractivity contribution in [1.82, 2.24) is 14.5 Å². The number of nitrogens with zero attached hydrogens (tertiary/aromatic N) is 4. The van der Waals surface area contributed by atoms with Crippen molar-refractivity contribution < 1.29 is 14.4 Å². The van der Waals surface area contributed by atoms with E-state index in [4.69, 9.17) is 5.26 Å². The second kappa shape index (κ2) is 6.93. The molecule has 0 saturated heterocycles. The van der Waals surface area contributed by atoms with E-state index >= 15 is 0 Å². The van der Waals surface area contributed by atoms with Gasteiger partial charge in [0.15, 0.2) is 0 Å². The lowest BCUT2D eigenvalue weighted by Gasteiger charge is -2.26. The molecular weight excluding hydrogens is 356 g/mol. The molecule has 0 spiro atoms. The van der Waals surface area contributed by atoms with Crippen molar-refractivity contribution in [1.29, 1.82) is 5.26 Å². The first-order valence-corrected chi connectivity index (χ1v) is 8.58. The number of imide groups is 1. The number of nitriles is 1. The molecule has 0 aliphatic carbocycles. The second-order valence-corrected chi connectivity index (χ2v) is 6.34. The number of carbonyl (C=O) groups is 3. The molecule has 0 fully saturated rings. The average molecular weight is 370 g/mol. The van der Waals surface area contributed by atoms with E-state index in [0.29, 0.717) is 22.3 Å². The summed E-state index contributed by atoms with van der Waals surface area (Å²) in [5.74, 6) is -1.18. The summed E-state index contributed by atoms with van der Waals surface area (Å²) in [5, 5.41) is 9.02. The van der Waals surface area contributed by atoms with Crippen LogP contribution in [0.3, 0.4) is 0 Å². The third-order valence-corrected chi connectivity index (χ3v) is 4.72. The molecule has 0 radical (unpaired) electrons. The van der Waals surface area contributed by atoms with Crippen LogP contribution in [0.4, 0.5) is 0 Å². The van der Waals surface area contributed by atoms with Crippen LogP contribution in [0.15, 0.2) is 67.3 Å². The Morgan fingerprint density at radius 3 is 2.21 bits per heavy atom. The highest BCUT2D eigenvalue weighted by Crippen LogP contribution is 2.33. The van der Waals surface area contributed by atoms with E-state index in [9.17, 15) is 14.4 Å². The molecule has 136 valence electrons. The summed E-state index contributed by atoms with van der Waals surface area (Å²) < 4.78 is 1.31. The van der Waals surface area contributed by atoms with Gasteiger partial charge in [-0.1, -0.05) is 24.3 Å². The predicted molar refractivity (Wildman–Crippen MR) is 98.3 cm³/mol. The van der Waals surface area contributed by atoms with Crippen LogP contribution in [-0.2, 0) is 0 Å². The van der Waals surface area contributed by atoms with Crippen LogP contribution in [0.25, 0.3) is 0 Å². The molecule has 2 amide bonds. The molecule has 0 bridgehead atoms. The maximum atomic E-state index is 12.9. The monoisotopic (exact) mass is 370 g/mol. The standard InChI is InChI=1S/C21H14N4O3/c22-12-14-5-7-15(8-6-14)18(11-19(26)24-10-9-23-13-24)25-20(27)16-3-1-2-4-17(16)21(25)28/h1-10,13,18H,11H2. The minimum Gasteiger partial charge on any atom is -0.276 e. The first-order valence-electron chi connectivity index (χ1n) is 8.58. The molecule has 7 heteroatoms. The third kappa shape index (κ3) is 2.87. The Hall–Kier alpha value is -4.05. The van der Waals surface area contributed by atoms with Crippen LogP contribution in [0, 0.1) is 11.3 Å². The smallest absolute Gasteiger partial charge is 0.262 e. The van der Waals surface area contributed by atoms with Gasteiger partial charge in [0.25, 0.3) is 11.8 Å². The Kier molecular flexibility index (Phi) is 4.30. The summed E-state index contributed by atoms with van der Waals surface area (Å²) in [7, 11) is 0. The van der Waals surface area contributed by atoms with Gasteiger partial charge in [0.05, 0.1) is 35.2 Å². The highest BCUT2D eigenvalue weighted by atomic mass is 16.2. The fourth-order valence-corrected chi connectivity index (χ4v) is 3.31. The molecule has 0 saturated carbocycles. The number of aromatic nitrogens is 2. The van der Waals surface area contributed by atoms with Crippen molar-refractivity contribution >= 4 is 17.7 Å². The number of amides is 2. The summed E-state index contributed by atoms with van der Waals surface area (Å²) in [6.45, 7) is 0. The predicted octanol–water partition coefficient (Wildman–Crippen LogP) is 2.82. The van der Waals surface area contributed by atoms with Gasteiger partial charge in [0.1, 0.15) is 6.33 Å². The largest absolute Gasteiger partial charge is 0.276 e. The van der Waals surface area contributed by atoms with Gasteiger partial charge in [0.2, 0.25) is 5.91 Å². The van der Waals surface area contributed by atoms with Crippen LogP contribution in [0.5, 0.6) is 0 Å². The zero-order valence-corrected chi connectivity index (χ0v) is 14.6. The Labute approximate surface area is 160 Å². The molecule has 2 heterocycles. The van der Waals surface area contributed by atoms with Crippen LogP contribution in [-0.4, -0.2) is 32.2 Å². The molecule has 4 rings (SSSR count). The molecule has 3 aromatic rings. The summed E-state index contributed by atoms with van der Waals surface area (Å²) >= 11 is 0. The summed E-state index contributed by atoms with van der Waals surface area (Å²) in [6.07, 6.45) is 4.27. The lowest BCUT2D eigenvalue weighted by molar-refractivity contribution is 0.0561. The topological polar surface area (TPSA) is 96.1 Å². The van der Waals surface area contributed by atoms with E-state index in [2.05, 4.69) is 4.98 Å². The Morgan fingerprint density at radius 1 is 1.04 bits per heavy atom. The Morgan fingerprint density at radius 2 is 1.68 bits per heavy atom. The van der Waals surface area contributed by atoms with Crippen LogP contribution in [0.2, 0.25) is 0 Å². The maximum absolute atomic E-state index is 12.9. The zero-order chi connectivity index (χ0) is 19.7. The third-order valence-electron chi connectivity index (χ3n) is 4.72. The SMILES string of the molecule is N#Cc1ccc(C(CC(=O)n2ccnc2)N2C(=O)c3ccccc3C2=O)cc1. The molecule has 28 heavy (non-hydrogen) atoms. The molecule has 2 aromatic carbocycles. The van der Waals surface area contributed by atoms with E-state index in [1.165, 1.54) is 23.3 Å².